The second-order valence-electron chi connectivity index (χ2n) is 5.22. The fourth-order valence-electron chi connectivity index (χ4n) is 2.58. The second-order valence-corrected chi connectivity index (χ2v) is 5.22. The molecule has 0 bridgehead atoms. The fraction of sp³-hybridized carbons (Fsp3) is 0.625. The SMILES string of the molecule is CCCc1ccc(C(O)CCC2CCCO2)cc1. The summed E-state index contributed by atoms with van der Waals surface area (Å²) in [5.41, 5.74) is 2.39. The third-order valence-corrected chi connectivity index (χ3v) is 3.69. The molecule has 1 saturated heterocycles. The van der Waals surface area contributed by atoms with Gasteiger partial charge in [-0.15, -0.1) is 0 Å². The second kappa shape index (κ2) is 6.91. The van der Waals surface area contributed by atoms with Gasteiger partial charge in [-0.25, -0.2) is 0 Å². The van der Waals surface area contributed by atoms with Crippen molar-refractivity contribution in [1.82, 2.24) is 0 Å². The Bertz CT molecular complexity index is 339. The molecule has 2 nitrogen and oxygen atoms in total. The normalized spacial score (nSPS) is 21.1. The van der Waals surface area contributed by atoms with E-state index in [1.165, 1.54) is 18.4 Å². The van der Waals surface area contributed by atoms with Crippen LogP contribution in [0.5, 0.6) is 0 Å². The molecule has 2 heteroatoms. The number of rotatable bonds is 6. The Balaban J connectivity index is 1.81. The average molecular weight is 248 g/mol. The number of benzene rings is 1. The van der Waals surface area contributed by atoms with Crippen molar-refractivity contribution in [3.8, 4) is 0 Å². The van der Waals surface area contributed by atoms with Gasteiger partial charge >= 0.3 is 0 Å². The Labute approximate surface area is 110 Å². The number of hydrogen-bond donors (Lipinski definition) is 1. The predicted molar refractivity (Wildman–Crippen MR) is 73.6 cm³/mol. The van der Waals surface area contributed by atoms with Crippen molar-refractivity contribution in [2.75, 3.05) is 6.61 Å². The zero-order valence-electron chi connectivity index (χ0n) is 11.3. The standard InChI is InChI=1S/C16H24O2/c1-2-4-13-6-8-14(9-7-13)16(17)11-10-15-5-3-12-18-15/h6-9,15-17H,2-5,10-12H2,1H3. The van der Waals surface area contributed by atoms with Crippen LogP contribution in [-0.2, 0) is 11.2 Å². The Kier molecular flexibility index (Phi) is 5.21. The average Bonchev–Trinajstić information content (AvgIpc) is 2.90. The quantitative estimate of drug-likeness (QED) is 0.833. The summed E-state index contributed by atoms with van der Waals surface area (Å²) in [5.74, 6) is 0. The fourth-order valence-corrected chi connectivity index (χ4v) is 2.58. The van der Waals surface area contributed by atoms with E-state index in [4.69, 9.17) is 4.74 Å². The van der Waals surface area contributed by atoms with E-state index >= 15 is 0 Å². The van der Waals surface area contributed by atoms with Crippen LogP contribution in [0.4, 0.5) is 0 Å². The monoisotopic (exact) mass is 248 g/mol. The van der Waals surface area contributed by atoms with Gasteiger partial charge in [-0.3, -0.25) is 0 Å². The van der Waals surface area contributed by atoms with Crippen molar-refractivity contribution in [2.24, 2.45) is 0 Å². The highest BCUT2D eigenvalue weighted by Gasteiger charge is 2.17. The van der Waals surface area contributed by atoms with Crippen LogP contribution in [0.1, 0.15) is 56.3 Å². The van der Waals surface area contributed by atoms with Gasteiger partial charge in [0.25, 0.3) is 0 Å². The van der Waals surface area contributed by atoms with E-state index in [0.29, 0.717) is 6.10 Å². The van der Waals surface area contributed by atoms with E-state index in [2.05, 4.69) is 31.2 Å². The van der Waals surface area contributed by atoms with Gasteiger partial charge in [0.1, 0.15) is 0 Å². The first-order valence-corrected chi connectivity index (χ1v) is 7.18. The summed E-state index contributed by atoms with van der Waals surface area (Å²) in [6.07, 6.45) is 6.42. The molecule has 2 unspecified atom stereocenters. The molecule has 18 heavy (non-hydrogen) atoms. The summed E-state index contributed by atoms with van der Waals surface area (Å²) in [6.45, 7) is 3.08. The van der Waals surface area contributed by atoms with Crippen LogP contribution in [0.25, 0.3) is 0 Å². The maximum atomic E-state index is 10.1. The summed E-state index contributed by atoms with van der Waals surface area (Å²) in [4.78, 5) is 0. The molecule has 2 rings (SSSR count). The van der Waals surface area contributed by atoms with E-state index < -0.39 is 0 Å². The minimum Gasteiger partial charge on any atom is -0.388 e. The van der Waals surface area contributed by atoms with Crippen molar-refractivity contribution >= 4 is 0 Å². The molecule has 1 aliphatic rings. The largest absolute Gasteiger partial charge is 0.388 e. The molecule has 0 amide bonds. The molecule has 0 saturated carbocycles. The summed E-state index contributed by atoms with van der Waals surface area (Å²) in [5, 5.41) is 10.1. The van der Waals surface area contributed by atoms with Crippen molar-refractivity contribution in [3.63, 3.8) is 0 Å². The van der Waals surface area contributed by atoms with E-state index in [9.17, 15) is 5.11 Å². The van der Waals surface area contributed by atoms with Crippen LogP contribution < -0.4 is 0 Å². The first-order valence-electron chi connectivity index (χ1n) is 7.18. The van der Waals surface area contributed by atoms with Gasteiger partial charge in [-0.1, -0.05) is 37.6 Å². The summed E-state index contributed by atoms with van der Waals surface area (Å²) in [7, 11) is 0. The number of aliphatic hydroxyl groups is 1. The first-order chi connectivity index (χ1) is 8.79. The highest BCUT2D eigenvalue weighted by Crippen LogP contribution is 2.24. The number of aliphatic hydroxyl groups excluding tert-OH is 1. The molecule has 1 heterocycles. The molecule has 1 aromatic carbocycles. The molecular weight excluding hydrogens is 224 g/mol. The molecule has 0 aliphatic carbocycles. The van der Waals surface area contributed by atoms with Crippen LogP contribution in [-0.4, -0.2) is 17.8 Å². The van der Waals surface area contributed by atoms with Crippen LogP contribution in [0.2, 0.25) is 0 Å². The molecule has 1 aliphatic heterocycles. The van der Waals surface area contributed by atoms with Crippen LogP contribution in [0.15, 0.2) is 24.3 Å². The van der Waals surface area contributed by atoms with Crippen LogP contribution >= 0.6 is 0 Å². The Morgan fingerprint density at radius 1 is 1.33 bits per heavy atom. The maximum Gasteiger partial charge on any atom is 0.0791 e. The highest BCUT2D eigenvalue weighted by atomic mass is 16.5. The predicted octanol–water partition coefficient (Wildman–Crippen LogP) is 3.63. The topological polar surface area (TPSA) is 29.5 Å². The maximum absolute atomic E-state index is 10.1. The zero-order valence-corrected chi connectivity index (χ0v) is 11.3. The van der Waals surface area contributed by atoms with E-state index in [1.807, 2.05) is 0 Å². The lowest BCUT2D eigenvalue weighted by Gasteiger charge is -2.14. The van der Waals surface area contributed by atoms with Crippen LogP contribution in [0.3, 0.4) is 0 Å². The van der Waals surface area contributed by atoms with Crippen molar-refractivity contribution in [2.45, 2.75) is 57.7 Å². The minimum atomic E-state index is -0.343. The molecule has 1 N–H and O–H groups in total. The molecule has 2 atom stereocenters. The van der Waals surface area contributed by atoms with E-state index in [0.717, 1.165) is 37.9 Å². The lowest BCUT2D eigenvalue weighted by Crippen LogP contribution is -2.08. The number of aryl methyl sites for hydroxylation is 1. The lowest BCUT2D eigenvalue weighted by atomic mass is 10.00. The summed E-state index contributed by atoms with van der Waals surface area (Å²) >= 11 is 0. The minimum absolute atomic E-state index is 0.343. The smallest absolute Gasteiger partial charge is 0.0791 e. The number of hydrogen-bond acceptors (Lipinski definition) is 2. The van der Waals surface area contributed by atoms with Crippen molar-refractivity contribution < 1.29 is 9.84 Å². The van der Waals surface area contributed by atoms with Gasteiger partial charge in [-0.2, -0.15) is 0 Å². The molecule has 0 spiro atoms. The van der Waals surface area contributed by atoms with Gasteiger partial charge < -0.3 is 9.84 Å². The Hall–Kier alpha value is -0.860. The third-order valence-electron chi connectivity index (χ3n) is 3.69. The van der Waals surface area contributed by atoms with Gasteiger partial charge in [0.2, 0.25) is 0 Å². The molecule has 1 fully saturated rings. The number of ether oxygens (including phenoxy) is 1. The van der Waals surface area contributed by atoms with Gasteiger partial charge in [0.15, 0.2) is 0 Å². The summed E-state index contributed by atoms with van der Waals surface area (Å²) < 4.78 is 5.58. The molecule has 0 aromatic heterocycles. The first kappa shape index (κ1) is 13.6. The lowest BCUT2D eigenvalue weighted by molar-refractivity contribution is 0.0812. The van der Waals surface area contributed by atoms with Crippen molar-refractivity contribution in [3.05, 3.63) is 35.4 Å². The van der Waals surface area contributed by atoms with Gasteiger partial charge in [0, 0.05) is 6.61 Å². The van der Waals surface area contributed by atoms with Crippen LogP contribution in [0, 0.1) is 0 Å². The van der Waals surface area contributed by atoms with E-state index in [1.54, 1.807) is 0 Å². The highest BCUT2D eigenvalue weighted by molar-refractivity contribution is 5.24. The zero-order chi connectivity index (χ0) is 12.8. The molecular formula is C16H24O2. The van der Waals surface area contributed by atoms with E-state index in [-0.39, 0.29) is 6.10 Å². The molecule has 100 valence electrons. The van der Waals surface area contributed by atoms with Gasteiger partial charge in [-0.05, 0) is 43.2 Å². The van der Waals surface area contributed by atoms with Crippen molar-refractivity contribution in [1.29, 1.82) is 0 Å². The Morgan fingerprint density at radius 3 is 2.72 bits per heavy atom. The summed E-state index contributed by atoms with van der Waals surface area (Å²) in [6, 6.07) is 8.39. The molecule has 1 aromatic rings. The van der Waals surface area contributed by atoms with Gasteiger partial charge in [0.05, 0.1) is 12.2 Å². The Morgan fingerprint density at radius 2 is 2.11 bits per heavy atom. The molecule has 0 radical (unpaired) electrons. The third kappa shape index (κ3) is 3.82.